The molecule has 0 aliphatic rings. The summed E-state index contributed by atoms with van der Waals surface area (Å²) in [6, 6.07) is 1.99. The van der Waals surface area contributed by atoms with E-state index >= 15 is 0 Å². The Kier molecular flexibility index (Phi) is 3.50. The van der Waals surface area contributed by atoms with E-state index in [1.165, 1.54) is 0 Å². The molecule has 0 radical (unpaired) electrons. The predicted octanol–water partition coefficient (Wildman–Crippen LogP) is 2.24. The van der Waals surface area contributed by atoms with Gasteiger partial charge in [-0.2, -0.15) is 0 Å². The summed E-state index contributed by atoms with van der Waals surface area (Å²) in [5.74, 6) is 0.586. The first-order valence-electron chi connectivity index (χ1n) is 5.19. The Bertz CT molecular complexity index is 334. The summed E-state index contributed by atoms with van der Waals surface area (Å²) in [6.07, 6.45) is 0. The maximum absolute atomic E-state index is 12.0. The summed E-state index contributed by atoms with van der Waals surface area (Å²) >= 11 is 0. The van der Waals surface area contributed by atoms with Crippen molar-refractivity contribution in [1.82, 2.24) is 10.1 Å². The van der Waals surface area contributed by atoms with Crippen LogP contribution in [0, 0.1) is 6.92 Å². The fourth-order valence-corrected chi connectivity index (χ4v) is 1.66. The molecule has 0 saturated heterocycles. The van der Waals surface area contributed by atoms with Crippen molar-refractivity contribution in [3.05, 3.63) is 17.5 Å². The standard InChI is InChI=1S/C11H18N2O2/c1-7(2)13(8(3)4)11(14)10-6-9(5)15-12-10/h6-8H,1-5H3. The number of hydrogen-bond donors (Lipinski definition) is 0. The average molecular weight is 210 g/mol. The highest BCUT2D eigenvalue weighted by Gasteiger charge is 2.23. The first kappa shape index (κ1) is 11.8. The molecule has 1 heterocycles. The molecule has 4 heteroatoms. The molecule has 0 aliphatic carbocycles. The lowest BCUT2D eigenvalue weighted by molar-refractivity contribution is 0.0633. The maximum atomic E-state index is 12.0. The monoisotopic (exact) mass is 210 g/mol. The zero-order chi connectivity index (χ0) is 11.6. The van der Waals surface area contributed by atoms with Gasteiger partial charge in [-0.25, -0.2) is 0 Å². The van der Waals surface area contributed by atoms with Gasteiger partial charge in [0.15, 0.2) is 5.69 Å². The summed E-state index contributed by atoms with van der Waals surface area (Å²) in [7, 11) is 0. The van der Waals surface area contributed by atoms with E-state index in [1.807, 2.05) is 27.7 Å². The van der Waals surface area contributed by atoms with Gasteiger partial charge in [-0.15, -0.1) is 0 Å². The van der Waals surface area contributed by atoms with Crippen molar-refractivity contribution < 1.29 is 9.32 Å². The van der Waals surface area contributed by atoms with Crippen molar-refractivity contribution in [3.63, 3.8) is 0 Å². The van der Waals surface area contributed by atoms with Gasteiger partial charge in [0.1, 0.15) is 5.76 Å². The zero-order valence-electron chi connectivity index (χ0n) is 9.94. The number of aromatic nitrogens is 1. The molecular weight excluding hydrogens is 192 g/mol. The highest BCUT2D eigenvalue weighted by atomic mass is 16.5. The molecule has 0 atom stereocenters. The van der Waals surface area contributed by atoms with Crippen LogP contribution >= 0.6 is 0 Å². The SMILES string of the molecule is Cc1cc(C(=O)N(C(C)C)C(C)C)no1. The molecule has 1 rings (SSSR count). The highest BCUT2D eigenvalue weighted by Crippen LogP contribution is 2.12. The Morgan fingerprint density at radius 3 is 2.20 bits per heavy atom. The number of hydrogen-bond acceptors (Lipinski definition) is 3. The molecule has 4 nitrogen and oxygen atoms in total. The average Bonchev–Trinajstić information content (AvgIpc) is 2.50. The van der Waals surface area contributed by atoms with Gasteiger partial charge in [0.05, 0.1) is 0 Å². The minimum atomic E-state index is -0.0724. The molecule has 0 N–H and O–H groups in total. The number of rotatable bonds is 3. The molecule has 1 amide bonds. The fourth-order valence-electron chi connectivity index (χ4n) is 1.66. The van der Waals surface area contributed by atoms with E-state index in [-0.39, 0.29) is 18.0 Å². The van der Waals surface area contributed by atoms with Crippen LogP contribution in [0.1, 0.15) is 43.9 Å². The van der Waals surface area contributed by atoms with Crippen molar-refractivity contribution in [3.8, 4) is 0 Å². The van der Waals surface area contributed by atoms with Crippen LogP contribution in [0.4, 0.5) is 0 Å². The highest BCUT2D eigenvalue weighted by molar-refractivity contribution is 5.92. The third-order valence-electron chi connectivity index (χ3n) is 2.19. The smallest absolute Gasteiger partial charge is 0.276 e. The van der Waals surface area contributed by atoms with E-state index < -0.39 is 0 Å². The summed E-state index contributed by atoms with van der Waals surface area (Å²) < 4.78 is 4.90. The van der Waals surface area contributed by atoms with Gasteiger partial charge in [0.25, 0.3) is 5.91 Å². The van der Waals surface area contributed by atoms with Crippen LogP contribution in [0.25, 0.3) is 0 Å². The molecule has 15 heavy (non-hydrogen) atoms. The van der Waals surface area contributed by atoms with E-state index in [4.69, 9.17) is 4.52 Å². The van der Waals surface area contributed by atoms with Crippen LogP contribution in [0.2, 0.25) is 0 Å². The lowest BCUT2D eigenvalue weighted by Crippen LogP contribution is -2.42. The van der Waals surface area contributed by atoms with E-state index in [0.717, 1.165) is 0 Å². The van der Waals surface area contributed by atoms with Gasteiger partial charge in [-0.05, 0) is 34.6 Å². The van der Waals surface area contributed by atoms with E-state index in [9.17, 15) is 4.79 Å². The summed E-state index contributed by atoms with van der Waals surface area (Å²) in [5.41, 5.74) is 0.384. The molecular formula is C11H18N2O2. The summed E-state index contributed by atoms with van der Waals surface area (Å²) in [6.45, 7) is 9.74. The largest absolute Gasteiger partial charge is 0.361 e. The van der Waals surface area contributed by atoms with Gasteiger partial charge >= 0.3 is 0 Å². The lowest BCUT2D eigenvalue weighted by Gasteiger charge is -2.29. The van der Waals surface area contributed by atoms with Gasteiger partial charge in [-0.1, -0.05) is 5.16 Å². The minimum absolute atomic E-state index is 0.0724. The van der Waals surface area contributed by atoms with Crippen LogP contribution in [-0.2, 0) is 0 Å². The number of carbonyl (C=O) groups excluding carboxylic acids is 1. The molecule has 0 aliphatic heterocycles. The van der Waals surface area contributed by atoms with Gasteiger partial charge in [0.2, 0.25) is 0 Å². The molecule has 0 aromatic carbocycles. The van der Waals surface area contributed by atoms with Crippen LogP contribution < -0.4 is 0 Å². The third-order valence-corrected chi connectivity index (χ3v) is 2.19. The number of nitrogens with zero attached hydrogens (tertiary/aromatic N) is 2. The molecule has 84 valence electrons. The van der Waals surface area contributed by atoms with Crippen molar-refractivity contribution in [2.24, 2.45) is 0 Å². The first-order valence-corrected chi connectivity index (χ1v) is 5.19. The second-order valence-corrected chi connectivity index (χ2v) is 4.22. The molecule has 0 fully saturated rings. The number of aryl methyl sites for hydroxylation is 1. The second-order valence-electron chi connectivity index (χ2n) is 4.22. The number of carbonyl (C=O) groups is 1. The summed E-state index contributed by atoms with van der Waals surface area (Å²) in [4.78, 5) is 13.8. The first-order chi connectivity index (χ1) is 6.93. The van der Waals surface area contributed by atoms with Crippen molar-refractivity contribution >= 4 is 5.91 Å². The van der Waals surface area contributed by atoms with E-state index in [1.54, 1.807) is 17.9 Å². The van der Waals surface area contributed by atoms with Gasteiger partial charge < -0.3 is 9.42 Å². The summed E-state index contributed by atoms with van der Waals surface area (Å²) in [5, 5.41) is 3.74. The van der Waals surface area contributed by atoms with Gasteiger partial charge in [0, 0.05) is 18.2 Å². The second kappa shape index (κ2) is 4.47. The Hall–Kier alpha value is -1.32. The zero-order valence-corrected chi connectivity index (χ0v) is 9.94. The van der Waals surface area contributed by atoms with E-state index in [0.29, 0.717) is 11.5 Å². The van der Waals surface area contributed by atoms with Crippen LogP contribution in [0.5, 0.6) is 0 Å². The minimum Gasteiger partial charge on any atom is -0.361 e. The quantitative estimate of drug-likeness (QED) is 0.768. The van der Waals surface area contributed by atoms with Crippen LogP contribution in [0.3, 0.4) is 0 Å². The molecule has 0 unspecified atom stereocenters. The third kappa shape index (κ3) is 2.58. The van der Waals surface area contributed by atoms with Crippen molar-refractivity contribution in [1.29, 1.82) is 0 Å². The maximum Gasteiger partial charge on any atom is 0.276 e. The van der Waals surface area contributed by atoms with Gasteiger partial charge in [-0.3, -0.25) is 4.79 Å². The van der Waals surface area contributed by atoms with Crippen LogP contribution in [-0.4, -0.2) is 28.0 Å². The Balaban J connectivity index is 2.91. The number of amides is 1. The molecule has 0 bridgehead atoms. The Labute approximate surface area is 90.2 Å². The Morgan fingerprint density at radius 1 is 1.33 bits per heavy atom. The molecule has 0 saturated carbocycles. The lowest BCUT2D eigenvalue weighted by atomic mass is 10.2. The van der Waals surface area contributed by atoms with Crippen LogP contribution in [0.15, 0.2) is 10.6 Å². The topological polar surface area (TPSA) is 46.3 Å². The van der Waals surface area contributed by atoms with E-state index in [2.05, 4.69) is 5.16 Å². The molecule has 0 spiro atoms. The predicted molar refractivity (Wildman–Crippen MR) is 57.7 cm³/mol. The fraction of sp³-hybridized carbons (Fsp3) is 0.636. The Morgan fingerprint density at radius 2 is 1.87 bits per heavy atom. The molecule has 1 aromatic rings. The van der Waals surface area contributed by atoms with Crippen molar-refractivity contribution in [2.45, 2.75) is 46.7 Å². The normalized spacial score (nSPS) is 11.1. The molecule has 1 aromatic heterocycles. The van der Waals surface area contributed by atoms with Crippen molar-refractivity contribution in [2.75, 3.05) is 0 Å².